The van der Waals surface area contributed by atoms with Crippen LogP contribution in [0.25, 0.3) is 22.4 Å². The van der Waals surface area contributed by atoms with E-state index in [0.717, 1.165) is 0 Å². The zero-order valence-corrected chi connectivity index (χ0v) is 21.0. The molecule has 1 aliphatic rings. The molecule has 11 heteroatoms. The number of piperidine rings is 1. The molecule has 2 aromatic heterocycles. The van der Waals surface area contributed by atoms with Crippen LogP contribution in [0.5, 0.6) is 0 Å². The Hall–Kier alpha value is -3.27. The monoisotopic (exact) mass is 527 g/mol. The van der Waals surface area contributed by atoms with Crippen molar-refractivity contribution in [3.63, 3.8) is 0 Å². The van der Waals surface area contributed by atoms with E-state index in [4.69, 9.17) is 33.6 Å². The first kappa shape index (κ1) is 24.4. The van der Waals surface area contributed by atoms with Gasteiger partial charge in [0, 0.05) is 29.8 Å². The SMILES string of the molecule is CC1(C(=N)Nc2ccc(F)cc2)CCN(c2nc3[nH]nc(-c4cccc(Cl)c4Cl)c3nc2CO)CC1. The molecular weight excluding hydrogens is 504 g/mol. The summed E-state index contributed by atoms with van der Waals surface area (Å²) in [5, 5.41) is 29.9. The fraction of sp³-hybridized carbons (Fsp3) is 0.280. The van der Waals surface area contributed by atoms with Crippen molar-refractivity contribution in [2.45, 2.75) is 26.4 Å². The summed E-state index contributed by atoms with van der Waals surface area (Å²) >= 11 is 12.6. The molecule has 1 aliphatic heterocycles. The molecule has 0 aliphatic carbocycles. The van der Waals surface area contributed by atoms with Gasteiger partial charge in [-0.2, -0.15) is 5.10 Å². The standard InChI is InChI=1S/C25H24Cl2FN7O/c1-25(24(29)30-15-7-5-14(28)6-8-15)9-11-35(12-10-25)23-18(13-36)31-21-20(33-34-22(21)32-23)16-3-2-4-17(26)19(16)27/h2-8,36H,9-13H2,1H3,(H2,29,30)(H,32,33,34). The molecule has 0 saturated carbocycles. The van der Waals surface area contributed by atoms with Crippen LogP contribution < -0.4 is 10.2 Å². The Bertz CT molecular complexity index is 1430. The maximum atomic E-state index is 13.2. The number of aliphatic hydroxyl groups is 1. The van der Waals surface area contributed by atoms with Gasteiger partial charge in [0.05, 0.1) is 16.7 Å². The lowest BCUT2D eigenvalue weighted by atomic mass is 9.79. The predicted molar refractivity (Wildman–Crippen MR) is 140 cm³/mol. The summed E-state index contributed by atoms with van der Waals surface area (Å²) in [6.07, 6.45) is 1.38. The van der Waals surface area contributed by atoms with Crippen LogP contribution in [0.4, 0.5) is 15.9 Å². The quantitative estimate of drug-likeness (QED) is 0.197. The number of nitrogens with zero attached hydrogens (tertiary/aromatic N) is 4. The third kappa shape index (κ3) is 4.50. The van der Waals surface area contributed by atoms with Gasteiger partial charge in [0.25, 0.3) is 0 Å². The smallest absolute Gasteiger partial charge is 0.177 e. The van der Waals surface area contributed by atoms with E-state index in [2.05, 4.69) is 25.4 Å². The van der Waals surface area contributed by atoms with Gasteiger partial charge < -0.3 is 15.3 Å². The number of aromatic amines is 1. The molecule has 186 valence electrons. The first-order chi connectivity index (χ1) is 17.3. The molecule has 4 aromatic rings. The zero-order valence-electron chi connectivity index (χ0n) is 19.4. The molecule has 4 N–H and O–H groups in total. The molecule has 0 unspecified atom stereocenters. The summed E-state index contributed by atoms with van der Waals surface area (Å²) < 4.78 is 13.2. The van der Waals surface area contributed by atoms with Crippen molar-refractivity contribution in [1.82, 2.24) is 20.2 Å². The van der Waals surface area contributed by atoms with Gasteiger partial charge in [0.1, 0.15) is 28.6 Å². The number of hydrogen-bond acceptors (Lipinski definition) is 6. The van der Waals surface area contributed by atoms with Crippen molar-refractivity contribution in [3.8, 4) is 11.3 Å². The van der Waals surface area contributed by atoms with Gasteiger partial charge in [-0.15, -0.1) is 0 Å². The van der Waals surface area contributed by atoms with Gasteiger partial charge in [-0.05, 0) is 43.2 Å². The molecule has 0 radical (unpaired) electrons. The van der Waals surface area contributed by atoms with E-state index in [1.165, 1.54) is 12.1 Å². The number of hydrogen-bond donors (Lipinski definition) is 4. The van der Waals surface area contributed by atoms with Gasteiger partial charge >= 0.3 is 0 Å². The van der Waals surface area contributed by atoms with Gasteiger partial charge in [-0.1, -0.05) is 42.3 Å². The molecule has 3 heterocycles. The highest BCUT2D eigenvalue weighted by atomic mass is 35.5. The molecule has 0 spiro atoms. The number of aromatic nitrogens is 4. The molecule has 36 heavy (non-hydrogen) atoms. The van der Waals surface area contributed by atoms with Gasteiger partial charge in [-0.25, -0.2) is 14.4 Å². The van der Waals surface area contributed by atoms with Gasteiger partial charge in [0.15, 0.2) is 11.5 Å². The molecule has 0 amide bonds. The highest BCUT2D eigenvalue weighted by molar-refractivity contribution is 6.43. The van der Waals surface area contributed by atoms with Gasteiger partial charge in [-0.3, -0.25) is 10.5 Å². The Kier molecular flexibility index (Phi) is 6.55. The lowest BCUT2D eigenvalue weighted by Crippen LogP contribution is -2.45. The van der Waals surface area contributed by atoms with E-state index < -0.39 is 0 Å². The van der Waals surface area contributed by atoms with Crippen LogP contribution in [0.2, 0.25) is 10.0 Å². The zero-order chi connectivity index (χ0) is 25.4. The lowest BCUT2D eigenvalue weighted by Gasteiger charge is -2.40. The average Bonchev–Trinajstić information content (AvgIpc) is 3.29. The van der Waals surface area contributed by atoms with Crippen molar-refractivity contribution in [3.05, 3.63) is 64.0 Å². The van der Waals surface area contributed by atoms with Crippen molar-refractivity contribution >= 4 is 51.7 Å². The number of aliphatic hydroxyl groups excluding tert-OH is 1. The second-order valence-corrected chi connectivity index (χ2v) is 9.86. The van der Waals surface area contributed by atoms with Crippen LogP contribution >= 0.6 is 23.2 Å². The van der Waals surface area contributed by atoms with Crippen LogP contribution in [0.15, 0.2) is 42.5 Å². The van der Waals surface area contributed by atoms with Crippen LogP contribution in [-0.2, 0) is 6.61 Å². The van der Waals surface area contributed by atoms with E-state index in [9.17, 15) is 9.50 Å². The van der Waals surface area contributed by atoms with Crippen molar-refractivity contribution in [1.29, 1.82) is 5.41 Å². The number of nitrogens with one attached hydrogen (secondary N) is 3. The summed E-state index contributed by atoms with van der Waals surface area (Å²) in [4.78, 5) is 11.5. The minimum absolute atomic E-state index is 0.290. The van der Waals surface area contributed by atoms with E-state index >= 15 is 0 Å². The molecule has 2 aromatic carbocycles. The maximum absolute atomic E-state index is 13.2. The Morgan fingerprint density at radius 1 is 1.17 bits per heavy atom. The Morgan fingerprint density at radius 3 is 2.58 bits per heavy atom. The maximum Gasteiger partial charge on any atom is 0.177 e. The highest BCUT2D eigenvalue weighted by Crippen LogP contribution is 2.38. The number of H-pyrrole nitrogens is 1. The first-order valence-corrected chi connectivity index (χ1v) is 12.2. The van der Waals surface area contributed by atoms with Crippen LogP contribution in [-0.4, -0.2) is 44.2 Å². The number of benzene rings is 2. The Morgan fingerprint density at radius 2 is 1.89 bits per heavy atom. The van der Waals surface area contributed by atoms with Crippen molar-refractivity contribution < 1.29 is 9.50 Å². The fourth-order valence-electron chi connectivity index (χ4n) is 4.39. The Labute approximate surface area is 217 Å². The van der Waals surface area contributed by atoms with E-state index in [1.54, 1.807) is 30.3 Å². The first-order valence-electron chi connectivity index (χ1n) is 11.5. The molecular formula is C25H24Cl2FN7O. The number of halogens is 3. The average molecular weight is 528 g/mol. The van der Waals surface area contributed by atoms with E-state index in [1.807, 2.05) is 6.92 Å². The van der Waals surface area contributed by atoms with Crippen LogP contribution in [0.1, 0.15) is 25.5 Å². The minimum atomic E-state index is -0.383. The molecule has 1 saturated heterocycles. The largest absolute Gasteiger partial charge is 0.390 e. The molecule has 1 fully saturated rings. The third-order valence-corrected chi connectivity index (χ3v) is 7.50. The molecule has 0 bridgehead atoms. The van der Waals surface area contributed by atoms with E-state index in [-0.39, 0.29) is 17.8 Å². The lowest BCUT2D eigenvalue weighted by molar-refractivity contribution is 0.276. The van der Waals surface area contributed by atoms with Crippen molar-refractivity contribution in [2.24, 2.45) is 5.41 Å². The molecule has 0 atom stereocenters. The van der Waals surface area contributed by atoms with Crippen LogP contribution in [0, 0.1) is 16.6 Å². The third-order valence-electron chi connectivity index (χ3n) is 6.68. The second-order valence-electron chi connectivity index (χ2n) is 9.08. The summed E-state index contributed by atoms with van der Waals surface area (Å²) in [5.41, 5.74) is 2.85. The minimum Gasteiger partial charge on any atom is -0.390 e. The second kappa shape index (κ2) is 9.65. The molecule has 5 rings (SSSR count). The Balaban J connectivity index is 1.37. The normalized spacial score (nSPS) is 15.3. The molecule has 8 nitrogen and oxygen atoms in total. The summed E-state index contributed by atoms with van der Waals surface area (Å²) in [6, 6.07) is 11.3. The number of amidine groups is 1. The van der Waals surface area contributed by atoms with Crippen molar-refractivity contribution in [2.75, 3.05) is 23.3 Å². The van der Waals surface area contributed by atoms with E-state index in [0.29, 0.717) is 81.4 Å². The number of rotatable bonds is 5. The number of anilines is 2. The van der Waals surface area contributed by atoms with Crippen LogP contribution in [0.3, 0.4) is 0 Å². The number of fused-ring (bicyclic) bond motifs is 1. The van der Waals surface area contributed by atoms with Gasteiger partial charge in [0.2, 0.25) is 0 Å². The summed E-state index contributed by atoms with van der Waals surface area (Å²) in [5.74, 6) is 0.649. The highest BCUT2D eigenvalue weighted by Gasteiger charge is 2.35. The fourth-order valence-corrected chi connectivity index (χ4v) is 4.78. The predicted octanol–water partition coefficient (Wildman–Crippen LogP) is 5.65. The summed E-state index contributed by atoms with van der Waals surface area (Å²) in [7, 11) is 0. The summed E-state index contributed by atoms with van der Waals surface area (Å²) in [6.45, 7) is 3.00. The topological polar surface area (TPSA) is 114 Å².